The van der Waals surface area contributed by atoms with E-state index >= 15 is 0 Å². The number of hydrogen-bond donors (Lipinski definition) is 0. The first-order valence-corrected chi connectivity index (χ1v) is 8.54. The van der Waals surface area contributed by atoms with E-state index in [1.54, 1.807) is 0 Å². The Hall–Kier alpha value is -2.12. The quantitative estimate of drug-likeness (QED) is 0.813. The van der Waals surface area contributed by atoms with Gasteiger partial charge in [-0.25, -0.2) is 0 Å². The SMILES string of the molecule is N#CC[C@@H]1C[C@@H]2CC(=O)n3c4c(c5ccccc53)CCN(C1)[C@H]42. The minimum Gasteiger partial charge on any atom is -0.294 e. The van der Waals surface area contributed by atoms with E-state index in [0.717, 1.165) is 31.4 Å². The molecule has 1 saturated heterocycles. The number of carbonyl (C=O) groups is 1. The highest BCUT2D eigenvalue weighted by molar-refractivity contribution is 5.97. The molecule has 4 nitrogen and oxygen atoms in total. The summed E-state index contributed by atoms with van der Waals surface area (Å²) < 4.78 is 2.00. The lowest BCUT2D eigenvalue weighted by Gasteiger charge is -2.49. The molecule has 3 atom stereocenters. The molecule has 3 aliphatic heterocycles. The molecule has 5 rings (SSSR count). The van der Waals surface area contributed by atoms with Crippen molar-refractivity contribution in [1.82, 2.24) is 9.47 Å². The van der Waals surface area contributed by atoms with Crippen molar-refractivity contribution in [2.45, 2.75) is 31.7 Å². The van der Waals surface area contributed by atoms with Crippen LogP contribution in [0.2, 0.25) is 0 Å². The van der Waals surface area contributed by atoms with E-state index in [1.165, 1.54) is 16.6 Å². The summed E-state index contributed by atoms with van der Waals surface area (Å²) in [6.07, 6.45) is 3.26. The Kier molecular flexibility index (Phi) is 2.72. The molecular weight excluding hydrogens is 286 g/mol. The molecule has 1 aromatic carbocycles. The maximum Gasteiger partial charge on any atom is 0.231 e. The topological polar surface area (TPSA) is 49.0 Å². The average Bonchev–Trinajstić information content (AvgIpc) is 2.89. The predicted molar refractivity (Wildman–Crippen MR) is 87.0 cm³/mol. The number of nitrogens with zero attached hydrogens (tertiary/aromatic N) is 3. The van der Waals surface area contributed by atoms with E-state index in [4.69, 9.17) is 5.26 Å². The highest BCUT2D eigenvalue weighted by Crippen LogP contribution is 2.49. The Morgan fingerprint density at radius 1 is 1.30 bits per heavy atom. The van der Waals surface area contributed by atoms with Gasteiger partial charge in [-0.2, -0.15) is 5.26 Å². The number of piperidine rings is 1. The van der Waals surface area contributed by atoms with Crippen molar-refractivity contribution in [3.05, 3.63) is 35.5 Å². The van der Waals surface area contributed by atoms with Gasteiger partial charge in [0.2, 0.25) is 5.91 Å². The molecule has 1 aromatic heterocycles. The zero-order chi connectivity index (χ0) is 15.6. The fraction of sp³-hybridized carbons (Fsp3) is 0.474. The lowest BCUT2D eigenvalue weighted by molar-refractivity contribution is 0.0257. The van der Waals surface area contributed by atoms with Crippen LogP contribution < -0.4 is 0 Å². The number of rotatable bonds is 1. The Balaban J connectivity index is 1.70. The molecule has 4 heteroatoms. The molecule has 3 aliphatic rings. The van der Waals surface area contributed by atoms with E-state index in [-0.39, 0.29) is 5.91 Å². The number of hydrogen-bond acceptors (Lipinski definition) is 3. The zero-order valence-corrected chi connectivity index (χ0v) is 13.0. The van der Waals surface area contributed by atoms with Gasteiger partial charge in [0.25, 0.3) is 0 Å². The Morgan fingerprint density at radius 2 is 2.17 bits per heavy atom. The van der Waals surface area contributed by atoms with Crippen LogP contribution in [0.5, 0.6) is 0 Å². The van der Waals surface area contributed by atoms with Crippen molar-refractivity contribution in [1.29, 1.82) is 5.26 Å². The molecule has 0 bridgehead atoms. The normalized spacial score (nSPS) is 29.3. The number of carbonyl (C=O) groups excluding carboxylic acids is 1. The van der Waals surface area contributed by atoms with E-state index in [9.17, 15) is 4.79 Å². The molecule has 0 aliphatic carbocycles. The summed E-state index contributed by atoms with van der Waals surface area (Å²) in [7, 11) is 0. The molecule has 4 heterocycles. The van der Waals surface area contributed by atoms with Gasteiger partial charge in [0.15, 0.2) is 0 Å². The van der Waals surface area contributed by atoms with E-state index < -0.39 is 0 Å². The van der Waals surface area contributed by atoms with Gasteiger partial charge in [0.1, 0.15) is 0 Å². The van der Waals surface area contributed by atoms with Crippen molar-refractivity contribution in [3.63, 3.8) is 0 Å². The standard InChI is InChI=1S/C19H19N3O/c20-7-5-12-9-13-10-17(23)22-16-4-2-1-3-14(16)15-6-8-21(11-12)18(13)19(15)22/h1-4,12-13,18H,5-6,8-11H2/t12-,13-,18+/m1/s1. The van der Waals surface area contributed by atoms with Gasteiger partial charge in [-0.3, -0.25) is 14.3 Å². The predicted octanol–water partition coefficient (Wildman–Crippen LogP) is 3.13. The second kappa shape index (κ2) is 4.69. The number of nitriles is 1. The van der Waals surface area contributed by atoms with Crippen LogP contribution in [-0.4, -0.2) is 28.5 Å². The molecule has 23 heavy (non-hydrogen) atoms. The third kappa shape index (κ3) is 1.71. The molecule has 0 saturated carbocycles. The lowest BCUT2D eigenvalue weighted by Crippen LogP contribution is -2.50. The Bertz CT molecular complexity index is 859. The molecule has 0 spiro atoms. The molecule has 0 N–H and O–H groups in total. The fourth-order valence-electron chi connectivity index (χ4n) is 5.21. The van der Waals surface area contributed by atoms with E-state index in [1.807, 2.05) is 10.6 Å². The molecule has 1 fully saturated rings. The molecule has 116 valence electrons. The monoisotopic (exact) mass is 305 g/mol. The lowest BCUT2D eigenvalue weighted by atomic mass is 9.74. The van der Waals surface area contributed by atoms with Gasteiger partial charge in [-0.15, -0.1) is 0 Å². The van der Waals surface area contributed by atoms with Gasteiger partial charge in [0, 0.05) is 37.0 Å². The van der Waals surface area contributed by atoms with Crippen LogP contribution in [0.25, 0.3) is 10.9 Å². The van der Waals surface area contributed by atoms with Gasteiger partial charge in [-0.05, 0) is 36.3 Å². The van der Waals surface area contributed by atoms with Crippen molar-refractivity contribution < 1.29 is 4.79 Å². The summed E-state index contributed by atoms with van der Waals surface area (Å²) in [5.74, 6) is 1.04. The summed E-state index contributed by atoms with van der Waals surface area (Å²) in [5.41, 5.74) is 3.73. The van der Waals surface area contributed by atoms with Gasteiger partial charge < -0.3 is 0 Å². The molecule has 0 radical (unpaired) electrons. The van der Waals surface area contributed by atoms with Crippen LogP contribution in [0, 0.1) is 23.2 Å². The summed E-state index contributed by atoms with van der Waals surface area (Å²) in [6.45, 7) is 2.06. The second-order valence-electron chi connectivity index (χ2n) is 7.23. The van der Waals surface area contributed by atoms with E-state index in [0.29, 0.717) is 30.7 Å². The van der Waals surface area contributed by atoms with Crippen LogP contribution >= 0.6 is 0 Å². The third-order valence-electron chi connectivity index (χ3n) is 5.98. The van der Waals surface area contributed by atoms with Crippen molar-refractivity contribution >= 4 is 16.8 Å². The number of fused-ring (bicyclic) bond motifs is 3. The average molecular weight is 305 g/mol. The number of para-hydroxylation sites is 1. The maximum absolute atomic E-state index is 12.8. The van der Waals surface area contributed by atoms with Gasteiger partial charge in [0.05, 0.1) is 17.6 Å². The summed E-state index contributed by atoms with van der Waals surface area (Å²) in [6, 6.07) is 11.0. The fourth-order valence-corrected chi connectivity index (χ4v) is 5.21. The maximum atomic E-state index is 12.8. The van der Waals surface area contributed by atoms with Crippen molar-refractivity contribution in [2.75, 3.05) is 13.1 Å². The van der Waals surface area contributed by atoms with Crippen LogP contribution in [0.1, 0.15) is 41.4 Å². The first kappa shape index (κ1) is 13.3. The second-order valence-corrected chi connectivity index (χ2v) is 7.23. The van der Waals surface area contributed by atoms with Crippen LogP contribution in [-0.2, 0) is 6.42 Å². The van der Waals surface area contributed by atoms with Gasteiger partial charge >= 0.3 is 0 Å². The zero-order valence-electron chi connectivity index (χ0n) is 13.0. The van der Waals surface area contributed by atoms with Crippen molar-refractivity contribution in [2.24, 2.45) is 11.8 Å². The molecule has 0 amide bonds. The Labute approximate surface area is 135 Å². The molecular formula is C19H19N3O. The summed E-state index contributed by atoms with van der Waals surface area (Å²) in [4.78, 5) is 15.4. The highest BCUT2D eigenvalue weighted by Gasteiger charge is 2.46. The largest absolute Gasteiger partial charge is 0.294 e. The molecule has 0 unspecified atom stereocenters. The van der Waals surface area contributed by atoms with Gasteiger partial charge in [-0.1, -0.05) is 18.2 Å². The minimum absolute atomic E-state index is 0.239. The first-order valence-electron chi connectivity index (χ1n) is 8.54. The van der Waals surface area contributed by atoms with E-state index in [2.05, 4.69) is 29.2 Å². The first-order chi connectivity index (χ1) is 11.3. The Morgan fingerprint density at radius 3 is 3.04 bits per heavy atom. The third-order valence-corrected chi connectivity index (χ3v) is 5.98. The molecule has 2 aromatic rings. The van der Waals surface area contributed by atoms with Crippen LogP contribution in [0.15, 0.2) is 24.3 Å². The number of benzene rings is 1. The van der Waals surface area contributed by atoms with Crippen LogP contribution in [0.4, 0.5) is 0 Å². The minimum atomic E-state index is 0.239. The smallest absolute Gasteiger partial charge is 0.231 e. The summed E-state index contributed by atoms with van der Waals surface area (Å²) in [5, 5.41) is 10.3. The number of aromatic nitrogens is 1. The highest BCUT2D eigenvalue weighted by atomic mass is 16.2. The van der Waals surface area contributed by atoms with Crippen LogP contribution in [0.3, 0.4) is 0 Å². The van der Waals surface area contributed by atoms with Crippen molar-refractivity contribution in [3.8, 4) is 6.07 Å². The summed E-state index contributed by atoms with van der Waals surface area (Å²) >= 11 is 0.